The molecule has 4 heteroatoms. The number of rotatable bonds is 2. The van der Waals surface area contributed by atoms with Crippen molar-refractivity contribution in [3.05, 3.63) is 28.0 Å². The Morgan fingerprint density at radius 2 is 2.15 bits per heavy atom. The molecule has 72 valence electrons. The van der Waals surface area contributed by atoms with Gasteiger partial charge in [0.15, 0.2) is 11.6 Å². The van der Waals surface area contributed by atoms with Crippen LogP contribution in [0.4, 0.5) is 4.39 Å². The second kappa shape index (κ2) is 4.07. The van der Waals surface area contributed by atoms with Gasteiger partial charge in [-0.25, -0.2) is 4.39 Å². The summed E-state index contributed by atoms with van der Waals surface area (Å²) in [5, 5.41) is 9.21. The highest BCUT2D eigenvalue weighted by Gasteiger charge is 2.11. The molecule has 0 bridgehead atoms. The molecule has 0 spiro atoms. The monoisotopic (exact) mass is 248 g/mol. The van der Waals surface area contributed by atoms with Gasteiger partial charge in [0.25, 0.3) is 0 Å². The van der Waals surface area contributed by atoms with Gasteiger partial charge in [0.2, 0.25) is 0 Å². The average Bonchev–Trinajstić information content (AvgIpc) is 2.03. The van der Waals surface area contributed by atoms with Crippen molar-refractivity contribution >= 4 is 15.9 Å². The van der Waals surface area contributed by atoms with E-state index in [0.717, 1.165) is 0 Å². The summed E-state index contributed by atoms with van der Waals surface area (Å²) in [6, 6.07) is 2.89. The third-order valence-electron chi connectivity index (χ3n) is 1.71. The predicted octanol–water partition coefficient (Wildman–Crippen LogP) is 2.65. The maximum Gasteiger partial charge on any atom is 0.168 e. The summed E-state index contributed by atoms with van der Waals surface area (Å²) in [5.74, 6) is -0.322. The number of aliphatic hydroxyl groups is 1. The van der Waals surface area contributed by atoms with E-state index in [2.05, 4.69) is 15.9 Å². The van der Waals surface area contributed by atoms with Crippen LogP contribution in [0, 0.1) is 5.82 Å². The van der Waals surface area contributed by atoms with Crippen molar-refractivity contribution < 1.29 is 14.2 Å². The van der Waals surface area contributed by atoms with Gasteiger partial charge in [0.05, 0.1) is 17.7 Å². The molecule has 0 aliphatic heterocycles. The van der Waals surface area contributed by atoms with Gasteiger partial charge in [-0.15, -0.1) is 0 Å². The van der Waals surface area contributed by atoms with Gasteiger partial charge in [-0.2, -0.15) is 0 Å². The Bertz CT molecular complexity index is 289. The number of aliphatic hydroxyl groups excluding tert-OH is 1. The van der Waals surface area contributed by atoms with E-state index in [-0.39, 0.29) is 5.75 Å². The zero-order valence-electron chi connectivity index (χ0n) is 7.34. The zero-order chi connectivity index (χ0) is 10.0. The normalized spacial score (nSPS) is 12.7. The van der Waals surface area contributed by atoms with E-state index in [9.17, 15) is 9.50 Å². The van der Waals surface area contributed by atoms with E-state index >= 15 is 0 Å². The van der Waals surface area contributed by atoms with Gasteiger partial charge in [-0.3, -0.25) is 0 Å². The highest BCUT2D eigenvalue weighted by atomic mass is 79.9. The number of methoxy groups -OCH3 is 1. The van der Waals surface area contributed by atoms with Gasteiger partial charge in [0.1, 0.15) is 0 Å². The fraction of sp³-hybridized carbons (Fsp3) is 0.333. The second-order valence-corrected chi connectivity index (χ2v) is 3.55. The topological polar surface area (TPSA) is 29.5 Å². The Balaban J connectivity index is 3.20. The van der Waals surface area contributed by atoms with E-state index in [1.54, 1.807) is 13.0 Å². The Labute approximate surface area is 84.5 Å². The summed E-state index contributed by atoms with van der Waals surface area (Å²) in [7, 11) is 1.39. The summed E-state index contributed by atoms with van der Waals surface area (Å²) in [4.78, 5) is 0. The number of hydrogen-bond acceptors (Lipinski definition) is 2. The molecule has 0 aromatic heterocycles. The van der Waals surface area contributed by atoms with Crippen LogP contribution >= 0.6 is 15.9 Å². The van der Waals surface area contributed by atoms with E-state index in [4.69, 9.17) is 4.74 Å². The molecule has 2 nitrogen and oxygen atoms in total. The van der Waals surface area contributed by atoms with Gasteiger partial charge in [-0.05, 0) is 40.5 Å². The first kappa shape index (κ1) is 10.5. The molecule has 1 aromatic rings. The van der Waals surface area contributed by atoms with Crippen LogP contribution in [-0.4, -0.2) is 12.2 Å². The van der Waals surface area contributed by atoms with E-state index in [0.29, 0.717) is 10.0 Å². The quantitative estimate of drug-likeness (QED) is 0.873. The Morgan fingerprint density at radius 3 is 2.54 bits per heavy atom. The molecule has 1 rings (SSSR count). The fourth-order valence-electron chi connectivity index (χ4n) is 1.02. The molecule has 1 atom stereocenters. The summed E-state index contributed by atoms with van der Waals surface area (Å²) < 4.78 is 18.5. The zero-order valence-corrected chi connectivity index (χ0v) is 8.93. The first-order valence-electron chi connectivity index (χ1n) is 3.77. The van der Waals surface area contributed by atoms with E-state index in [1.165, 1.54) is 13.2 Å². The molecular weight excluding hydrogens is 239 g/mol. The smallest absolute Gasteiger partial charge is 0.168 e. The van der Waals surface area contributed by atoms with Crippen molar-refractivity contribution in [2.24, 2.45) is 0 Å². The van der Waals surface area contributed by atoms with Crippen molar-refractivity contribution in [1.82, 2.24) is 0 Å². The second-order valence-electron chi connectivity index (χ2n) is 2.69. The number of benzene rings is 1. The molecule has 1 unspecified atom stereocenters. The lowest BCUT2D eigenvalue weighted by Gasteiger charge is -2.09. The van der Waals surface area contributed by atoms with Crippen LogP contribution in [0.2, 0.25) is 0 Å². The minimum atomic E-state index is -0.684. The average molecular weight is 249 g/mol. The van der Waals surface area contributed by atoms with Crippen molar-refractivity contribution in [2.75, 3.05) is 7.11 Å². The Morgan fingerprint density at radius 1 is 1.54 bits per heavy atom. The summed E-state index contributed by atoms with van der Waals surface area (Å²) in [5.41, 5.74) is 0.519. The summed E-state index contributed by atoms with van der Waals surface area (Å²) in [6.45, 7) is 1.58. The van der Waals surface area contributed by atoms with Crippen LogP contribution < -0.4 is 4.74 Å². The third kappa shape index (κ3) is 2.19. The lowest BCUT2D eigenvalue weighted by Crippen LogP contribution is -1.96. The van der Waals surface area contributed by atoms with E-state index < -0.39 is 11.9 Å². The first-order chi connectivity index (χ1) is 6.06. The molecule has 0 radical (unpaired) electrons. The number of halogens is 2. The summed E-state index contributed by atoms with van der Waals surface area (Å²) >= 11 is 3.15. The van der Waals surface area contributed by atoms with E-state index in [1.807, 2.05) is 0 Å². The number of hydrogen-bond donors (Lipinski definition) is 1. The Hall–Kier alpha value is -0.610. The van der Waals surface area contributed by atoms with Crippen LogP contribution in [0.3, 0.4) is 0 Å². The minimum absolute atomic E-state index is 0.157. The maximum atomic E-state index is 13.2. The first-order valence-corrected chi connectivity index (χ1v) is 4.56. The molecular formula is C9H10BrFO2. The maximum absolute atomic E-state index is 13.2. The van der Waals surface area contributed by atoms with Gasteiger partial charge < -0.3 is 9.84 Å². The molecule has 13 heavy (non-hydrogen) atoms. The molecule has 0 aliphatic rings. The minimum Gasteiger partial charge on any atom is -0.492 e. The molecule has 0 amide bonds. The SMILES string of the molecule is COc1c(F)cc(C(C)O)cc1Br. The van der Waals surface area contributed by atoms with Gasteiger partial charge in [-0.1, -0.05) is 0 Å². The molecule has 0 fully saturated rings. The molecule has 1 aromatic carbocycles. The van der Waals surface area contributed by atoms with Crippen LogP contribution in [0.5, 0.6) is 5.75 Å². The molecule has 0 aliphatic carbocycles. The molecule has 0 saturated heterocycles. The van der Waals surface area contributed by atoms with Crippen LogP contribution in [0.25, 0.3) is 0 Å². The van der Waals surface area contributed by atoms with Crippen LogP contribution in [0.15, 0.2) is 16.6 Å². The van der Waals surface area contributed by atoms with Crippen molar-refractivity contribution in [3.63, 3.8) is 0 Å². The number of ether oxygens (including phenoxy) is 1. The van der Waals surface area contributed by atoms with Crippen molar-refractivity contribution in [1.29, 1.82) is 0 Å². The largest absolute Gasteiger partial charge is 0.492 e. The Kier molecular flexibility index (Phi) is 3.27. The van der Waals surface area contributed by atoms with Gasteiger partial charge >= 0.3 is 0 Å². The summed E-state index contributed by atoms with van der Waals surface area (Å²) in [6.07, 6.45) is -0.684. The molecule has 1 N–H and O–H groups in total. The molecule has 0 saturated carbocycles. The highest BCUT2D eigenvalue weighted by molar-refractivity contribution is 9.10. The predicted molar refractivity (Wildman–Crippen MR) is 51.3 cm³/mol. The van der Waals surface area contributed by atoms with Crippen molar-refractivity contribution in [3.8, 4) is 5.75 Å². The standard InChI is InChI=1S/C9H10BrFO2/c1-5(12)6-3-7(10)9(13-2)8(11)4-6/h3-5,12H,1-2H3. The third-order valence-corrected chi connectivity index (χ3v) is 2.30. The van der Waals surface area contributed by atoms with Gasteiger partial charge in [0, 0.05) is 0 Å². The molecule has 0 heterocycles. The van der Waals surface area contributed by atoms with Crippen LogP contribution in [-0.2, 0) is 0 Å². The van der Waals surface area contributed by atoms with Crippen molar-refractivity contribution in [2.45, 2.75) is 13.0 Å². The lowest BCUT2D eigenvalue weighted by atomic mass is 10.1. The highest BCUT2D eigenvalue weighted by Crippen LogP contribution is 2.31. The van der Waals surface area contributed by atoms with Crippen LogP contribution in [0.1, 0.15) is 18.6 Å². The lowest BCUT2D eigenvalue weighted by molar-refractivity contribution is 0.198. The fourth-order valence-corrected chi connectivity index (χ4v) is 1.63.